The largest absolute Gasteiger partial charge is 0.321 e. The Morgan fingerprint density at radius 2 is 1.86 bits per heavy atom. The molecule has 0 unspecified atom stereocenters. The van der Waals surface area contributed by atoms with Crippen LogP contribution in [0.2, 0.25) is 0 Å². The zero-order valence-corrected chi connectivity index (χ0v) is 13.8. The first-order valence-electron chi connectivity index (χ1n) is 9.05. The number of likely N-dealkylation sites (tertiary alicyclic amines) is 1. The van der Waals surface area contributed by atoms with E-state index in [-0.39, 0.29) is 12.5 Å². The van der Waals surface area contributed by atoms with E-state index in [1.54, 1.807) is 0 Å². The quantitative estimate of drug-likeness (QED) is 0.866. The minimum atomic E-state index is -2.68. The van der Waals surface area contributed by atoms with Gasteiger partial charge in [-0.2, -0.15) is 0 Å². The van der Waals surface area contributed by atoms with Gasteiger partial charge >= 0.3 is 0 Å². The van der Waals surface area contributed by atoms with E-state index >= 15 is 0 Å². The summed E-state index contributed by atoms with van der Waals surface area (Å²) in [6.07, 6.45) is 7.56. The van der Waals surface area contributed by atoms with E-state index in [1.165, 1.54) is 25.8 Å². The molecule has 0 amide bonds. The van der Waals surface area contributed by atoms with Gasteiger partial charge in [0, 0.05) is 25.0 Å². The topological polar surface area (TPSA) is 32.5 Å². The molecule has 0 spiro atoms. The van der Waals surface area contributed by atoms with Crippen molar-refractivity contribution in [3.05, 3.63) is 0 Å². The summed E-state index contributed by atoms with van der Waals surface area (Å²) in [7, 11) is 2.24. The SMILES string of the molecule is CN(CC1CC1)[C@@H]1CCCN([C@H]2CCCC(F)(F)[C@@H]2N)CC1. The number of alkyl halides is 2. The minimum Gasteiger partial charge on any atom is -0.321 e. The van der Waals surface area contributed by atoms with Gasteiger partial charge in [0.25, 0.3) is 5.92 Å². The van der Waals surface area contributed by atoms with E-state index in [1.807, 2.05) is 0 Å². The number of hydrogen-bond donors (Lipinski definition) is 1. The number of halogens is 2. The third kappa shape index (κ3) is 3.80. The first kappa shape index (κ1) is 16.6. The van der Waals surface area contributed by atoms with Crippen LogP contribution in [0.1, 0.15) is 51.4 Å². The van der Waals surface area contributed by atoms with Gasteiger partial charge < -0.3 is 10.6 Å². The number of nitrogens with zero attached hydrogens (tertiary/aromatic N) is 2. The summed E-state index contributed by atoms with van der Waals surface area (Å²) in [5.41, 5.74) is 5.91. The number of nitrogens with two attached hydrogens (primary N) is 1. The van der Waals surface area contributed by atoms with Crippen molar-refractivity contribution in [2.24, 2.45) is 11.7 Å². The molecule has 2 saturated carbocycles. The van der Waals surface area contributed by atoms with E-state index < -0.39 is 12.0 Å². The van der Waals surface area contributed by atoms with E-state index in [0.717, 1.165) is 38.3 Å². The molecule has 0 aromatic rings. The molecule has 2 aliphatic carbocycles. The predicted molar refractivity (Wildman–Crippen MR) is 85.1 cm³/mol. The van der Waals surface area contributed by atoms with Crippen molar-refractivity contribution in [3.63, 3.8) is 0 Å². The number of hydrogen-bond acceptors (Lipinski definition) is 3. The molecule has 3 fully saturated rings. The average molecular weight is 315 g/mol. The van der Waals surface area contributed by atoms with Crippen LogP contribution in [-0.4, -0.2) is 60.5 Å². The fraction of sp³-hybridized carbons (Fsp3) is 1.00. The van der Waals surface area contributed by atoms with Crippen LogP contribution in [0.25, 0.3) is 0 Å². The Morgan fingerprint density at radius 1 is 1.09 bits per heavy atom. The van der Waals surface area contributed by atoms with Crippen LogP contribution < -0.4 is 5.73 Å². The van der Waals surface area contributed by atoms with Crippen molar-refractivity contribution < 1.29 is 8.78 Å². The van der Waals surface area contributed by atoms with Crippen LogP contribution in [0.15, 0.2) is 0 Å². The molecule has 0 aromatic carbocycles. The standard InChI is InChI=1S/C17H31F2N3/c1-21(12-13-6-7-13)14-4-3-10-22(11-8-14)15-5-2-9-17(18,19)16(15)20/h13-16H,2-12,20H2,1H3/t14-,15+,16-/m1/s1. The van der Waals surface area contributed by atoms with Gasteiger partial charge in [-0.1, -0.05) is 0 Å². The van der Waals surface area contributed by atoms with Gasteiger partial charge in [-0.05, 0) is 71.0 Å². The Bertz CT molecular complexity index is 373. The third-order valence-electron chi connectivity index (χ3n) is 5.98. The Labute approximate surface area is 133 Å². The molecule has 2 N–H and O–H groups in total. The monoisotopic (exact) mass is 315 g/mol. The lowest BCUT2D eigenvalue weighted by Gasteiger charge is -2.41. The van der Waals surface area contributed by atoms with Crippen LogP contribution >= 0.6 is 0 Å². The van der Waals surface area contributed by atoms with Crippen molar-refractivity contribution >= 4 is 0 Å². The van der Waals surface area contributed by atoms with Gasteiger partial charge in [-0.3, -0.25) is 4.90 Å². The van der Waals surface area contributed by atoms with Crippen molar-refractivity contribution in [2.45, 2.75) is 75.4 Å². The maximum Gasteiger partial charge on any atom is 0.264 e. The molecule has 0 bridgehead atoms. The summed E-state index contributed by atoms with van der Waals surface area (Å²) in [6.45, 7) is 3.07. The van der Waals surface area contributed by atoms with Gasteiger partial charge in [-0.25, -0.2) is 8.78 Å². The van der Waals surface area contributed by atoms with Gasteiger partial charge in [0.05, 0.1) is 6.04 Å². The molecular formula is C17H31F2N3. The zero-order chi connectivity index (χ0) is 15.7. The molecule has 3 atom stereocenters. The molecule has 1 heterocycles. The molecule has 5 heteroatoms. The predicted octanol–water partition coefficient (Wildman–Crippen LogP) is 2.70. The van der Waals surface area contributed by atoms with Crippen LogP contribution in [0, 0.1) is 5.92 Å². The molecule has 3 nitrogen and oxygen atoms in total. The zero-order valence-electron chi connectivity index (χ0n) is 13.8. The molecule has 3 aliphatic rings. The Morgan fingerprint density at radius 3 is 2.59 bits per heavy atom. The van der Waals surface area contributed by atoms with Crippen molar-refractivity contribution in [3.8, 4) is 0 Å². The maximum atomic E-state index is 13.9. The minimum absolute atomic E-state index is 0.0365. The normalized spacial score (nSPS) is 37.2. The average Bonchev–Trinajstić information content (AvgIpc) is 3.28. The highest BCUT2D eigenvalue weighted by Gasteiger charge is 2.46. The second-order valence-corrected chi connectivity index (χ2v) is 7.75. The summed E-state index contributed by atoms with van der Waals surface area (Å²) in [5, 5.41) is 0. The van der Waals surface area contributed by atoms with Gasteiger partial charge in [0.1, 0.15) is 0 Å². The van der Waals surface area contributed by atoms with Gasteiger partial charge in [0.2, 0.25) is 0 Å². The first-order chi connectivity index (χ1) is 10.5. The summed E-state index contributed by atoms with van der Waals surface area (Å²) in [4.78, 5) is 4.78. The lowest BCUT2D eigenvalue weighted by molar-refractivity contribution is -0.0823. The summed E-state index contributed by atoms with van der Waals surface area (Å²) >= 11 is 0. The maximum absolute atomic E-state index is 13.9. The third-order valence-corrected chi connectivity index (χ3v) is 5.98. The number of rotatable bonds is 4. The molecular weight excluding hydrogens is 284 g/mol. The molecule has 0 aromatic heterocycles. The van der Waals surface area contributed by atoms with E-state index in [4.69, 9.17) is 5.73 Å². The highest BCUT2D eigenvalue weighted by atomic mass is 19.3. The molecule has 3 rings (SSSR count). The highest BCUT2D eigenvalue weighted by Crippen LogP contribution is 2.36. The van der Waals surface area contributed by atoms with Crippen LogP contribution in [0.4, 0.5) is 8.78 Å². The van der Waals surface area contributed by atoms with E-state index in [2.05, 4.69) is 16.8 Å². The Kier molecular flexibility index (Phi) is 5.05. The van der Waals surface area contributed by atoms with E-state index in [0.29, 0.717) is 12.5 Å². The first-order valence-corrected chi connectivity index (χ1v) is 9.05. The van der Waals surface area contributed by atoms with Crippen molar-refractivity contribution in [1.29, 1.82) is 0 Å². The second kappa shape index (κ2) is 6.70. The molecule has 0 radical (unpaired) electrons. The second-order valence-electron chi connectivity index (χ2n) is 7.75. The van der Waals surface area contributed by atoms with Crippen molar-refractivity contribution in [1.82, 2.24) is 9.80 Å². The van der Waals surface area contributed by atoms with Crippen LogP contribution in [0.3, 0.4) is 0 Å². The molecule has 22 heavy (non-hydrogen) atoms. The van der Waals surface area contributed by atoms with E-state index in [9.17, 15) is 8.78 Å². The lowest BCUT2D eigenvalue weighted by Crippen LogP contribution is -2.59. The highest BCUT2D eigenvalue weighted by molar-refractivity contribution is 4.97. The van der Waals surface area contributed by atoms with Gasteiger partial charge in [-0.15, -0.1) is 0 Å². The summed E-state index contributed by atoms with van der Waals surface area (Å²) in [5.74, 6) is -1.77. The van der Waals surface area contributed by atoms with Crippen molar-refractivity contribution in [2.75, 3.05) is 26.7 Å². The summed E-state index contributed by atoms with van der Waals surface area (Å²) in [6, 6.07) is -0.496. The Balaban J connectivity index is 1.55. The fourth-order valence-corrected chi connectivity index (χ4v) is 4.31. The summed E-state index contributed by atoms with van der Waals surface area (Å²) < 4.78 is 27.8. The smallest absolute Gasteiger partial charge is 0.264 e. The Hall–Kier alpha value is -0.260. The molecule has 128 valence electrons. The van der Waals surface area contributed by atoms with Crippen LogP contribution in [-0.2, 0) is 0 Å². The lowest BCUT2D eigenvalue weighted by atomic mass is 9.86. The molecule has 1 aliphatic heterocycles. The fourth-order valence-electron chi connectivity index (χ4n) is 4.31. The van der Waals surface area contributed by atoms with Gasteiger partial charge in [0.15, 0.2) is 0 Å². The molecule has 1 saturated heterocycles. The van der Waals surface area contributed by atoms with Crippen LogP contribution in [0.5, 0.6) is 0 Å².